The Morgan fingerprint density at radius 1 is 0.667 bits per heavy atom. The minimum absolute atomic E-state index is 0. The van der Waals surface area contributed by atoms with E-state index in [-0.39, 0.29) is 12.4 Å². The highest BCUT2D eigenvalue weighted by atomic mass is 35.5. The molecule has 0 aromatic carbocycles. The van der Waals surface area contributed by atoms with E-state index in [1.165, 1.54) is 43.4 Å². The maximum absolute atomic E-state index is 2.41. The highest BCUT2D eigenvalue weighted by molar-refractivity contribution is 4.99. The zero-order valence-electron chi connectivity index (χ0n) is 14.5. The maximum Gasteiger partial charge on any atom is 0.0947 e. The smallest absolute Gasteiger partial charge is 0.0947 e. The van der Waals surface area contributed by atoms with Gasteiger partial charge in [-0.1, -0.05) is 20.8 Å². The second kappa shape index (κ2) is 7.21. The maximum atomic E-state index is 2.41. The van der Waals surface area contributed by atoms with Crippen molar-refractivity contribution in [2.45, 2.75) is 78.2 Å². The molecule has 124 valence electrons. The minimum Gasteiger partial charge on any atom is -1.00 e. The molecule has 0 N–H and O–H groups in total. The van der Waals surface area contributed by atoms with Crippen LogP contribution >= 0.6 is 0 Å². The van der Waals surface area contributed by atoms with Crippen LogP contribution in [0.25, 0.3) is 0 Å². The van der Waals surface area contributed by atoms with E-state index in [2.05, 4.69) is 20.8 Å². The van der Waals surface area contributed by atoms with Crippen LogP contribution in [0.4, 0.5) is 0 Å². The van der Waals surface area contributed by atoms with E-state index in [0.717, 1.165) is 29.7 Å². The van der Waals surface area contributed by atoms with Crippen molar-refractivity contribution in [2.24, 2.45) is 23.7 Å². The zero-order chi connectivity index (χ0) is 14.2. The van der Waals surface area contributed by atoms with E-state index < -0.39 is 0 Å². The second-order valence-electron chi connectivity index (χ2n) is 8.31. The zero-order valence-corrected chi connectivity index (χ0v) is 15.2. The Morgan fingerprint density at radius 3 is 1.38 bits per heavy atom. The molecule has 0 amide bonds. The van der Waals surface area contributed by atoms with Crippen molar-refractivity contribution in [3.05, 3.63) is 0 Å². The quantitative estimate of drug-likeness (QED) is 0.629. The highest BCUT2D eigenvalue weighted by Gasteiger charge is 2.55. The van der Waals surface area contributed by atoms with Crippen LogP contribution in [-0.2, 0) is 0 Å². The van der Waals surface area contributed by atoms with Crippen molar-refractivity contribution in [1.82, 2.24) is 0 Å². The normalized spacial score (nSPS) is 37.6. The number of hydrogen-bond acceptors (Lipinski definition) is 0. The fourth-order valence-electron chi connectivity index (χ4n) is 6.91. The molecule has 1 nitrogen and oxygen atoms in total. The number of hydrogen-bond donors (Lipinski definition) is 0. The van der Waals surface area contributed by atoms with Crippen molar-refractivity contribution in [3.8, 4) is 0 Å². The van der Waals surface area contributed by atoms with Crippen molar-refractivity contribution >= 4 is 0 Å². The Hall–Kier alpha value is 0.250. The average molecular weight is 314 g/mol. The molecule has 0 heterocycles. The van der Waals surface area contributed by atoms with Gasteiger partial charge in [-0.05, 0) is 63.2 Å². The molecule has 4 aliphatic rings. The van der Waals surface area contributed by atoms with Gasteiger partial charge < -0.3 is 16.9 Å². The van der Waals surface area contributed by atoms with E-state index in [0.29, 0.717) is 0 Å². The molecule has 4 fully saturated rings. The fraction of sp³-hybridized carbons (Fsp3) is 1.00. The first-order valence-corrected chi connectivity index (χ1v) is 9.58. The Balaban J connectivity index is 0.00000161. The highest BCUT2D eigenvalue weighted by Crippen LogP contribution is 2.56. The predicted molar refractivity (Wildman–Crippen MR) is 86.6 cm³/mol. The van der Waals surface area contributed by atoms with Crippen LogP contribution in [0, 0.1) is 23.7 Å². The molecule has 0 radical (unpaired) electrons. The predicted octanol–water partition coefficient (Wildman–Crippen LogP) is 1.86. The Bertz CT molecular complexity index is 283. The summed E-state index contributed by atoms with van der Waals surface area (Å²) in [6.07, 6.45) is 12.1. The molecule has 0 aromatic rings. The molecule has 0 aromatic heterocycles. The molecule has 0 unspecified atom stereocenters. The summed E-state index contributed by atoms with van der Waals surface area (Å²) in [6.45, 7) is 11.6. The molecule has 4 saturated carbocycles. The lowest BCUT2D eigenvalue weighted by atomic mass is 9.53. The second-order valence-corrected chi connectivity index (χ2v) is 8.31. The first-order valence-electron chi connectivity index (χ1n) is 9.58. The van der Waals surface area contributed by atoms with Crippen LogP contribution < -0.4 is 12.4 Å². The number of rotatable bonds is 7. The standard InChI is InChI=1S/C19H36N.ClH/c1-4-7-20(8-5-2,9-6-3)19-17-11-15-10-16(13-17)14-18(19)12-15;/h15-19H,4-14H2,1-3H3;1H/q+1;/p-1. The van der Waals surface area contributed by atoms with Gasteiger partial charge >= 0.3 is 0 Å². The van der Waals surface area contributed by atoms with Gasteiger partial charge in [-0.25, -0.2) is 0 Å². The van der Waals surface area contributed by atoms with E-state index in [4.69, 9.17) is 0 Å². The Labute approximate surface area is 138 Å². The van der Waals surface area contributed by atoms with Gasteiger partial charge in [0.05, 0.1) is 25.7 Å². The topological polar surface area (TPSA) is 0 Å². The lowest BCUT2D eigenvalue weighted by molar-refractivity contribution is -0.961. The first-order chi connectivity index (χ1) is 9.72. The van der Waals surface area contributed by atoms with Gasteiger partial charge in [0.25, 0.3) is 0 Å². The van der Waals surface area contributed by atoms with E-state index in [1.807, 2.05) is 0 Å². The SMILES string of the molecule is CCC[N+](CCC)(CCC)C1C2CC3CC(C2)CC1C3.[Cl-]. The van der Waals surface area contributed by atoms with Crippen LogP contribution in [-0.4, -0.2) is 30.2 Å². The van der Waals surface area contributed by atoms with E-state index >= 15 is 0 Å². The van der Waals surface area contributed by atoms with E-state index in [1.54, 1.807) is 32.1 Å². The third-order valence-corrected chi connectivity index (χ3v) is 6.82. The van der Waals surface area contributed by atoms with Gasteiger partial charge in [-0.3, -0.25) is 0 Å². The molecule has 4 aliphatic carbocycles. The summed E-state index contributed by atoms with van der Waals surface area (Å²) in [4.78, 5) is 0. The number of quaternary nitrogens is 1. The molecular weight excluding hydrogens is 278 g/mol. The van der Waals surface area contributed by atoms with Gasteiger partial charge in [-0.15, -0.1) is 0 Å². The summed E-state index contributed by atoms with van der Waals surface area (Å²) in [5.41, 5.74) is 0. The summed E-state index contributed by atoms with van der Waals surface area (Å²) in [7, 11) is 0. The lowest BCUT2D eigenvalue weighted by Gasteiger charge is -2.60. The molecule has 21 heavy (non-hydrogen) atoms. The van der Waals surface area contributed by atoms with Gasteiger partial charge in [0.1, 0.15) is 0 Å². The minimum atomic E-state index is 0. The molecule has 0 saturated heterocycles. The molecule has 0 atom stereocenters. The van der Waals surface area contributed by atoms with Crippen molar-refractivity contribution in [3.63, 3.8) is 0 Å². The Morgan fingerprint density at radius 2 is 1.05 bits per heavy atom. The van der Waals surface area contributed by atoms with Crippen molar-refractivity contribution in [1.29, 1.82) is 0 Å². The summed E-state index contributed by atoms with van der Waals surface area (Å²) >= 11 is 0. The van der Waals surface area contributed by atoms with Crippen LogP contribution in [0.2, 0.25) is 0 Å². The molecule has 4 rings (SSSR count). The summed E-state index contributed by atoms with van der Waals surface area (Å²) in [6, 6.07) is 1.04. The average Bonchev–Trinajstić information content (AvgIpc) is 2.38. The van der Waals surface area contributed by atoms with Crippen molar-refractivity contribution < 1.29 is 16.9 Å². The summed E-state index contributed by atoms with van der Waals surface area (Å²) in [5, 5.41) is 0. The van der Waals surface area contributed by atoms with Gasteiger partial charge in [0.2, 0.25) is 0 Å². The third kappa shape index (κ3) is 3.15. The Kier molecular flexibility index (Phi) is 6.05. The van der Waals surface area contributed by atoms with Crippen LogP contribution in [0.5, 0.6) is 0 Å². The lowest BCUT2D eigenvalue weighted by Crippen LogP contribution is -3.00. The third-order valence-electron chi connectivity index (χ3n) is 6.82. The molecular formula is C19H36ClN. The molecule has 2 heteroatoms. The number of nitrogens with zero attached hydrogens (tertiary/aromatic N) is 1. The molecule has 4 bridgehead atoms. The summed E-state index contributed by atoms with van der Waals surface area (Å²) in [5.74, 6) is 4.44. The monoisotopic (exact) mass is 313 g/mol. The van der Waals surface area contributed by atoms with E-state index in [9.17, 15) is 0 Å². The van der Waals surface area contributed by atoms with Gasteiger partial charge in [-0.2, -0.15) is 0 Å². The molecule has 0 aliphatic heterocycles. The largest absolute Gasteiger partial charge is 1.00 e. The van der Waals surface area contributed by atoms with Crippen LogP contribution in [0.1, 0.15) is 72.1 Å². The van der Waals surface area contributed by atoms with Crippen LogP contribution in [0.3, 0.4) is 0 Å². The summed E-state index contributed by atoms with van der Waals surface area (Å²) < 4.78 is 1.50. The van der Waals surface area contributed by atoms with Crippen molar-refractivity contribution in [2.75, 3.05) is 19.6 Å². The number of halogens is 1. The van der Waals surface area contributed by atoms with Crippen LogP contribution in [0.15, 0.2) is 0 Å². The van der Waals surface area contributed by atoms with Gasteiger partial charge in [0.15, 0.2) is 0 Å². The fourth-order valence-corrected chi connectivity index (χ4v) is 6.91. The molecule has 0 spiro atoms. The first kappa shape index (κ1) is 17.6. The van der Waals surface area contributed by atoms with Gasteiger partial charge in [0, 0.05) is 11.8 Å².